The molecule has 0 aliphatic heterocycles. The summed E-state index contributed by atoms with van der Waals surface area (Å²) in [6.45, 7) is 3.85. The quantitative estimate of drug-likeness (QED) is 0.784. The molecule has 2 atom stereocenters. The van der Waals surface area contributed by atoms with Crippen LogP contribution in [0, 0.1) is 13.8 Å². The molecule has 16 heavy (non-hydrogen) atoms. The Morgan fingerprint density at radius 2 is 1.88 bits per heavy atom. The molecule has 1 heterocycles. The van der Waals surface area contributed by atoms with E-state index in [2.05, 4.69) is 20.5 Å². The summed E-state index contributed by atoms with van der Waals surface area (Å²) in [6.07, 6.45) is 4.63. The Morgan fingerprint density at radius 3 is 2.56 bits per heavy atom. The summed E-state index contributed by atoms with van der Waals surface area (Å²) in [5.74, 6) is 0.602. The summed E-state index contributed by atoms with van der Waals surface area (Å²) in [5, 5.41) is 11.4. The summed E-state index contributed by atoms with van der Waals surface area (Å²) in [7, 11) is 0. The molecule has 1 aliphatic carbocycles. The molecule has 5 nitrogen and oxygen atoms in total. The van der Waals surface area contributed by atoms with Crippen LogP contribution in [-0.2, 0) is 0 Å². The molecule has 3 N–H and O–H groups in total. The molecule has 1 aliphatic rings. The maximum atomic E-state index is 6.06. The van der Waals surface area contributed by atoms with E-state index in [1.807, 2.05) is 13.8 Å². The number of nitrogens with one attached hydrogen (secondary N) is 1. The first-order valence-electron chi connectivity index (χ1n) is 5.87. The molecule has 2 unspecified atom stereocenters. The van der Waals surface area contributed by atoms with E-state index in [1.165, 1.54) is 12.8 Å². The van der Waals surface area contributed by atoms with E-state index in [-0.39, 0.29) is 12.1 Å². The van der Waals surface area contributed by atoms with Crippen LogP contribution in [0.3, 0.4) is 0 Å². The molecular formula is C11H19N5. The van der Waals surface area contributed by atoms with Crippen molar-refractivity contribution < 1.29 is 0 Å². The summed E-state index contributed by atoms with van der Waals surface area (Å²) >= 11 is 0. The normalized spacial score (nSPS) is 25.4. The van der Waals surface area contributed by atoms with E-state index >= 15 is 0 Å². The fourth-order valence-electron chi connectivity index (χ4n) is 2.02. The zero-order chi connectivity index (χ0) is 11.5. The average Bonchev–Trinajstić information content (AvgIpc) is 2.27. The molecule has 2 rings (SSSR count). The minimum Gasteiger partial charge on any atom is -0.349 e. The largest absolute Gasteiger partial charge is 0.349 e. The van der Waals surface area contributed by atoms with Crippen molar-refractivity contribution in [3.8, 4) is 0 Å². The second kappa shape index (κ2) is 4.74. The van der Waals surface area contributed by atoms with Crippen molar-refractivity contribution >= 4 is 5.95 Å². The highest BCUT2D eigenvalue weighted by Crippen LogP contribution is 2.19. The number of rotatable bonds is 2. The molecule has 0 aromatic carbocycles. The first-order chi connectivity index (χ1) is 7.66. The first kappa shape index (κ1) is 11.3. The fraction of sp³-hybridized carbons (Fsp3) is 0.727. The van der Waals surface area contributed by atoms with Gasteiger partial charge in [0.15, 0.2) is 0 Å². The minimum atomic E-state index is 0.207. The zero-order valence-corrected chi connectivity index (χ0v) is 9.90. The topological polar surface area (TPSA) is 76.7 Å². The molecule has 0 amide bonds. The van der Waals surface area contributed by atoms with Gasteiger partial charge < -0.3 is 11.1 Å². The van der Waals surface area contributed by atoms with Crippen LogP contribution in [0.15, 0.2) is 0 Å². The number of aromatic nitrogens is 3. The lowest BCUT2D eigenvalue weighted by molar-refractivity contribution is 0.402. The first-order valence-corrected chi connectivity index (χ1v) is 5.87. The lowest BCUT2D eigenvalue weighted by Gasteiger charge is -2.29. The number of nitrogens with two attached hydrogens (primary N) is 1. The van der Waals surface area contributed by atoms with Gasteiger partial charge in [-0.3, -0.25) is 0 Å². The second-order valence-electron chi connectivity index (χ2n) is 4.51. The number of aryl methyl sites for hydroxylation is 2. The molecule has 0 saturated heterocycles. The molecule has 1 saturated carbocycles. The SMILES string of the molecule is Cc1nnc(NC2CCCCC2N)nc1C. The second-order valence-corrected chi connectivity index (χ2v) is 4.51. The Bertz CT molecular complexity index is 365. The van der Waals surface area contributed by atoms with E-state index in [0.717, 1.165) is 24.2 Å². The molecule has 1 fully saturated rings. The van der Waals surface area contributed by atoms with Crippen molar-refractivity contribution in [2.24, 2.45) is 5.73 Å². The molecule has 5 heteroatoms. The van der Waals surface area contributed by atoms with E-state index in [0.29, 0.717) is 5.95 Å². The molecule has 0 spiro atoms. The Morgan fingerprint density at radius 1 is 1.12 bits per heavy atom. The summed E-state index contributed by atoms with van der Waals surface area (Å²) in [6, 6.07) is 0.497. The third kappa shape index (κ3) is 2.47. The van der Waals surface area contributed by atoms with Gasteiger partial charge in [-0.2, -0.15) is 5.10 Å². The smallest absolute Gasteiger partial charge is 0.243 e. The summed E-state index contributed by atoms with van der Waals surface area (Å²) in [5.41, 5.74) is 7.85. The molecule has 0 bridgehead atoms. The van der Waals surface area contributed by atoms with Crippen LogP contribution in [-0.4, -0.2) is 27.3 Å². The third-order valence-electron chi connectivity index (χ3n) is 3.23. The van der Waals surface area contributed by atoms with Gasteiger partial charge in [-0.15, -0.1) is 5.10 Å². The third-order valence-corrected chi connectivity index (χ3v) is 3.23. The van der Waals surface area contributed by atoms with Gasteiger partial charge in [0.2, 0.25) is 5.95 Å². The number of hydrogen-bond donors (Lipinski definition) is 2. The lowest BCUT2D eigenvalue weighted by atomic mass is 9.91. The van der Waals surface area contributed by atoms with E-state index in [9.17, 15) is 0 Å². The van der Waals surface area contributed by atoms with Gasteiger partial charge in [0, 0.05) is 12.1 Å². The minimum absolute atomic E-state index is 0.207. The van der Waals surface area contributed by atoms with Crippen molar-refractivity contribution in [2.75, 3.05) is 5.32 Å². The van der Waals surface area contributed by atoms with Crippen LogP contribution in [0.1, 0.15) is 37.1 Å². The predicted molar refractivity (Wildman–Crippen MR) is 63.2 cm³/mol. The number of hydrogen-bond acceptors (Lipinski definition) is 5. The average molecular weight is 221 g/mol. The van der Waals surface area contributed by atoms with Gasteiger partial charge in [0.25, 0.3) is 0 Å². The van der Waals surface area contributed by atoms with Crippen LogP contribution in [0.2, 0.25) is 0 Å². The highest BCUT2D eigenvalue weighted by atomic mass is 15.2. The van der Waals surface area contributed by atoms with Crippen LogP contribution in [0.5, 0.6) is 0 Å². The number of nitrogens with zero attached hydrogens (tertiary/aromatic N) is 3. The van der Waals surface area contributed by atoms with Gasteiger partial charge in [-0.1, -0.05) is 12.8 Å². The van der Waals surface area contributed by atoms with E-state index in [4.69, 9.17) is 5.73 Å². The van der Waals surface area contributed by atoms with Crippen molar-refractivity contribution in [3.63, 3.8) is 0 Å². The summed E-state index contributed by atoms with van der Waals surface area (Å²) in [4.78, 5) is 4.36. The zero-order valence-electron chi connectivity index (χ0n) is 9.90. The maximum absolute atomic E-state index is 6.06. The lowest BCUT2D eigenvalue weighted by Crippen LogP contribution is -2.43. The molecule has 0 radical (unpaired) electrons. The Hall–Kier alpha value is -1.23. The predicted octanol–water partition coefficient (Wildman–Crippen LogP) is 1.17. The van der Waals surface area contributed by atoms with Crippen molar-refractivity contribution in [2.45, 2.75) is 51.6 Å². The van der Waals surface area contributed by atoms with Crippen molar-refractivity contribution in [1.82, 2.24) is 15.2 Å². The standard InChI is InChI=1S/C11H19N5/c1-7-8(2)15-16-11(13-7)14-10-6-4-3-5-9(10)12/h9-10H,3-6,12H2,1-2H3,(H,13,14,16). The van der Waals surface area contributed by atoms with Crippen molar-refractivity contribution in [3.05, 3.63) is 11.4 Å². The van der Waals surface area contributed by atoms with Crippen LogP contribution in [0.25, 0.3) is 0 Å². The van der Waals surface area contributed by atoms with Gasteiger partial charge in [-0.25, -0.2) is 4.98 Å². The van der Waals surface area contributed by atoms with Crippen LogP contribution >= 0.6 is 0 Å². The van der Waals surface area contributed by atoms with Gasteiger partial charge in [0.05, 0.1) is 11.4 Å². The Balaban J connectivity index is 2.05. The molecule has 1 aromatic rings. The van der Waals surface area contributed by atoms with Gasteiger partial charge >= 0.3 is 0 Å². The van der Waals surface area contributed by atoms with Gasteiger partial charge in [0.1, 0.15) is 0 Å². The van der Waals surface area contributed by atoms with Gasteiger partial charge in [-0.05, 0) is 26.7 Å². The Kier molecular flexibility index (Phi) is 3.33. The van der Waals surface area contributed by atoms with E-state index in [1.54, 1.807) is 0 Å². The van der Waals surface area contributed by atoms with E-state index < -0.39 is 0 Å². The number of anilines is 1. The fourth-order valence-corrected chi connectivity index (χ4v) is 2.02. The molecule has 88 valence electrons. The molecule has 1 aromatic heterocycles. The summed E-state index contributed by atoms with van der Waals surface area (Å²) < 4.78 is 0. The van der Waals surface area contributed by atoms with Crippen LogP contribution < -0.4 is 11.1 Å². The monoisotopic (exact) mass is 221 g/mol. The van der Waals surface area contributed by atoms with Crippen molar-refractivity contribution in [1.29, 1.82) is 0 Å². The maximum Gasteiger partial charge on any atom is 0.243 e. The highest BCUT2D eigenvalue weighted by molar-refractivity contribution is 5.27. The van der Waals surface area contributed by atoms with Crippen LogP contribution in [0.4, 0.5) is 5.95 Å². The Labute approximate surface area is 95.9 Å². The highest BCUT2D eigenvalue weighted by Gasteiger charge is 2.22. The molecular weight excluding hydrogens is 202 g/mol.